The monoisotopic (exact) mass is 341 g/mol. The zero-order chi connectivity index (χ0) is 12.8. The van der Waals surface area contributed by atoms with Crippen LogP contribution < -0.4 is 5.32 Å². The standard InChI is InChI=1S/C14H16BrNS2/c1-16-11(9-12-5-4-8-17-12)10-18-14-7-3-2-6-13(14)15/h2-8,11,16H,9-10H2,1H3. The lowest BCUT2D eigenvalue weighted by molar-refractivity contribution is 0.622. The van der Waals surface area contributed by atoms with Crippen LogP contribution in [0, 0.1) is 0 Å². The molecule has 18 heavy (non-hydrogen) atoms. The molecule has 1 aromatic carbocycles. The summed E-state index contributed by atoms with van der Waals surface area (Å²) in [5.41, 5.74) is 0. The molecule has 0 saturated carbocycles. The Hall–Kier alpha value is -0.290. The predicted octanol–water partition coefficient (Wildman–Crippen LogP) is 4.43. The average Bonchev–Trinajstić information content (AvgIpc) is 2.89. The fourth-order valence-electron chi connectivity index (χ4n) is 1.67. The van der Waals surface area contributed by atoms with Crippen LogP contribution in [0.3, 0.4) is 0 Å². The molecule has 0 aliphatic heterocycles. The largest absolute Gasteiger partial charge is 0.316 e. The minimum atomic E-state index is 0.515. The van der Waals surface area contributed by atoms with Crippen molar-refractivity contribution in [1.29, 1.82) is 0 Å². The van der Waals surface area contributed by atoms with Crippen LogP contribution >= 0.6 is 39.0 Å². The van der Waals surface area contributed by atoms with E-state index in [1.165, 1.54) is 14.2 Å². The number of thiophene rings is 1. The molecule has 0 aliphatic carbocycles. The maximum absolute atomic E-state index is 3.59. The van der Waals surface area contributed by atoms with Crippen molar-refractivity contribution >= 4 is 39.0 Å². The highest BCUT2D eigenvalue weighted by Crippen LogP contribution is 2.28. The van der Waals surface area contributed by atoms with Gasteiger partial charge in [-0.05, 0) is 53.0 Å². The van der Waals surface area contributed by atoms with E-state index in [0.29, 0.717) is 6.04 Å². The third-order valence-corrected chi connectivity index (χ3v) is 5.80. The Labute approximate surface area is 125 Å². The molecule has 1 heterocycles. The summed E-state index contributed by atoms with van der Waals surface area (Å²) in [6.07, 6.45) is 1.10. The highest BCUT2D eigenvalue weighted by atomic mass is 79.9. The first-order valence-corrected chi connectivity index (χ1v) is 8.52. The molecule has 1 nitrogen and oxygen atoms in total. The topological polar surface area (TPSA) is 12.0 Å². The van der Waals surface area contributed by atoms with Gasteiger partial charge in [0.25, 0.3) is 0 Å². The molecule has 1 N–H and O–H groups in total. The van der Waals surface area contributed by atoms with Crippen molar-refractivity contribution in [1.82, 2.24) is 5.32 Å². The van der Waals surface area contributed by atoms with Crippen molar-refractivity contribution in [3.05, 3.63) is 51.1 Å². The van der Waals surface area contributed by atoms with Crippen LogP contribution in [-0.4, -0.2) is 18.8 Å². The first kappa shape index (κ1) is 14.1. The van der Waals surface area contributed by atoms with Gasteiger partial charge >= 0.3 is 0 Å². The Kier molecular flexibility index (Phi) is 5.76. The van der Waals surface area contributed by atoms with Crippen molar-refractivity contribution in [2.45, 2.75) is 17.4 Å². The van der Waals surface area contributed by atoms with Gasteiger partial charge in [-0.2, -0.15) is 0 Å². The zero-order valence-electron chi connectivity index (χ0n) is 10.2. The van der Waals surface area contributed by atoms with Gasteiger partial charge in [-0.1, -0.05) is 18.2 Å². The van der Waals surface area contributed by atoms with Gasteiger partial charge < -0.3 is 5.32 Å². The molecule has 1 atom stereocenters. The van der Waals surface area contributed by atoms with E-state index < -0.39 is 0 Å². The molecule has 0 amide bonds. The third-order valence-electron chi connectivity index (χ3n) is 2.71. The third kappa shape index (κ3) is 4.12. The number of likely N-dealkylation sites (N-methyl/N-ethyl adjacent to an activating group) is 1. The number of hydrogen-bond donors (Lipinski definition) is 1. The van der Waals surface area contributed by atoms with Gasteiger partial charge in [0, 0.05) is 26.0 Å². The number of nitrogens with one attached hydrogen (secondary N) is 1. The van der Waals surface area contributed by atoms with E-state index in [9.17, 15) is 0 Å². The lowest BCUT2D eigenvalue weighted by Crippen LogP contribution is -2.29. The maximum Gasteiger partial charge on any atom is 0.0311 e. The lowest BCUT2D eigenvalue weighted by Gasteiger charge is -2.15. The molecule has 0 spiro atoms. The van der Waals surface area contributed by atoms with E-state index in [4.69, 9.17) is 0 Å². The quantitative estimate of drug-likeness (QED) is 0.780. The van der Waals surface area contributed by atoms with Gasteiger partial charge in [0.05, 0.1) is 0 Å². The maximum atomic E-state index is 3.59. The molecule has 1 aromatic heterocycles. The Morgan fingerprint density at radius 2 is 2.11 bits per heavy atom. The predicted molar refractivity (Wildman–Crippen MR) is 85.7 cm³/mol. The fourth-order valence-corrected chi connectivity index (χ4v) is 4.13. The molecule has 4 heteroatoms. The van der Waals surface area contributed by atoms with Gasteiger partial charge in [-0.3, -0.25) is 0 Å². The Morgan fingerprint density at radius 3 is 2.78 bits per heavy atom. The van der Waals surface area contributed by atoms with Crippen molar-refractivity contribution in [3.63, 3.8) is 0 Å². The molecule has 0 saturated heterocycles. The van der Waals surface area contributed by atoms with Crippen LogP contribution in [0.2, 0.25) is 0 Å². The van der Waals surface area contributed by atoms with E-state index in [1.807, 2.05) is 30.1 Å². The summed E-state index contributed by atoms with van der Waals surface area (Å²) >= 11 is 7.32. The molecule has 0 bridgehead atoms. The molecule has 0 fully saturated rings. The first-order chi connectivity index (χ1) is 8.79. The van der Waals surface area contributed by atoms with Crippen molar-refractivity contribution in [3.8, 4) is 0 Å². The summed E-state index contributed by atoms with van der Waals surface area (Å²) in [5, 5.41) is 5.54. The molecular formula is C14H16BrNS2. The number of rotatable bonds is 6. The molecular weight excluding hydrogens is 326 g/mol. The van der Waals surface area contributed by atoms with Gasteiger partial charge in [0.1, 0.15) is 0 Å². The van der Waals surface area contributed by atoms with Crippen LogP contribution in [-0.2, 0) is 6.42 Å². The molecule has 0 radical (unpaired) electrons. The van der Waals surface area contributed by atoms with Gasteiger partial charge in [0.15, 0.2) is 0 Å². The van der Waals surface area contributed by atoms with Crippen molar-refractivity contribution in [2.75, 3.05) is 12.8 Å². The summed E-state index contributed by atoms with van der Waals surface area (Å²) < 4.78 is 1.18. The second kappa shape index (κ2) is 7.34. The van der Waals surface area contributed by atoms with Crippen LogP contribution in [0.15, 0.2) is 51.1 Å². The molecule has 96 valence electrons. The van der Waals surface area contributed by atoms with Gasteiger partial charge in [-0.25, -0.2) is 0 Å². The summed E-state index contributed by atoms with van der Waals surface area (Å²) in [6.45, 7) is 0. The summed E-state index contributed by atoms with van der Waals surface area (Å²) in [4.78, 5) is 2.76. The Balaban J connectivity index is 1.89. The molecule has 2 rings (SSSR count). The fraction of sp³-hybridized carbons (Fsp3) is 0.286. The van der Waals surface area contributed by atoms with Crippen molar-refractivity contribution < 1.29 is 0 Å². The van der Waals surface area contributed by atoms with E-state index in [2.05, 4.69) is 63.0 Å². The number of halogens is 1. The van der Waals surface area contributed by atoms with E-state index >= 15 is 0 Å². The SMILES string of the molecule is CNC(CSc1ccccc1Br)Cc1cccs1. The first-order valence-electron chi connectivity index (χ1n) is 5.86. The highest BCUT2D eigenvalue weighted by molar-refractivity contribution is 9.10. The van der Waals surface area contributed by atoms with Crippen LogP contribution in [0.5, 0.6) is 0 Å². The summed E-state index contributed by atoms with van der Waals surface area (Å²) in [7, 11) is 2.04. The van der Waals surface area contributed by atoms with Gasteiger partial charge in [-0.15, -0.1) is 23.1 Å². The minimum Gasteiger partial charge on any atom is -0.316 e. The Morgan fingerprint density at radius 1 is 1.28 bits per heavy atom. The Bertz CT molecular complexity index is 470. The summed E-state index contributed by atoms with van der Waals surface area (Å²) in [5.74, 6) is 1.08. The average molecular weight is 342 g/mol. The van der Waals surface area contributed by atoms with E-state index in [1.54, 1.807) is 0 Å². The van der Waals surface area contributed by atoms with Crippen LogP contribution in [0.25, 0.3) is 0 Å². The second-order valence-electron chi connectivity index (χ2n) is 4.01. The number of benzene rings is 1. The number of thioether (sulfide) groups is 1. The minimum absolute atomic E-state index is 0.515. The summed E-state index contributed by atoms with van der Waals surface area (Å²) in [6, 6.07) is 13.2. The zero-order valence-corrected chi connectivity index (χ0v) is 13.4. The second-order valence-corrected chi connectivity index (χ2v) is 6.96. The van der Waals surface area contributed by atoms with Gasteiger partial charge in [0.2, 0.25) is 0 Å². The highest BCUT2D eigenvalue weighted by Gasteiger charge is 2.09. The smallest absolute Gasteiger partial charge is 0.0311 e. The van der Waals surface area contributed by atoms with Crippen molar-refractivity contribution in [2.24, 2.45) is 0 Å². The lowest BCUT2D eigenvalue weighted by atomic mass is 10.2. The van der Waals surface area contributed by atoms with Crippen LogP contribution in [0.1, 0.15) is 4.88 Å². The van der Waals surface area contributed by atoms with E-state index in [0.717, 1.165) is 12.2 Å². The van der Waals surface area contributed by atoms with E-state index in [-0.39, 0.29) is 0 Å². The van der Waals surface area contributed by atoms with Crippen LogP contribution in [0.4, 0.5) is 0 Å². The number of hydrogen-bond acceptors (Lipinski definition) is 3. The molecule has 2 aromatic rings. The normalized spacial score (nSPS) is 12.6. The molecule has 0 aliphatic rings. The molecule has 1 unspecified atom stereocenters.